The number of hydrogen-bond donors (Lipinski definition) is 3. The van der Waals surface area contributed by atoms with Gasteiger partial charge in [0.2, 0.25) is 5.91 Å². The van der Waals surface area contributed by atoms with E-state index in [2.05, 4.69) is 15.3 Å². The van der Waals surface area contributed by atoms with E-state index in [-0.39, 0.29) is 11.9 Å². The molecule has 1 aromatic carbocycles. The molecule has 1 unspecified atom stereocenters. The van der Waals surface area contributed by atoms with Crippen LogP contribution in [0.25, 0.3) is 0 Å². The topological polar surface area (TPSA) is 110 Å². The molecule has 1 amide bonds. The highest BCUT2D eigenvalue weighted by molar-refractivity contribution is 5.84. The SMILES string of the molecule is NCc1cccc(Nc2cc(N3CCCC3C(N)=O)ncn2)c1. The second-order valence-electron chi connectivity index (χ2n) is 5.54. The number of anilines is 3. The quantitative estimate of drug-likeness (QED) is 0.763. The molecule has 0 spiro atoms. The van der Waals surface area contributed by atoms with Crippen molar-refractivity contribution in [2.75, 3.05) is 16.8 Å². The van der Waals surface area contributed by atoms with Gasteiger partial charge < -0.3 is 21.7 Å². The Morgan fingerprint density at radius 3 is 3.00 bits per heavy atom. The third-order valence-electron chi connectivity index (χ3n) is 3.96. The normalized spacial score (nSPS) is 17.3. The Bertz CT molecular complexity index is 704. The standard InChI is InChI=1S/C16H20N6O/c17-9-11-3-1-4-12(7-11)21-14-8-15(20-10-19-14)22-6-2-5-13(22)16(18)23/h1,3-4,7-8,10,13H,2,5-6,9,17H2,(H2,18,23)(H,19,20,21). The van der Waals surface area contributed by atoms with E-state index in [0.717, 1.165) is 30.6 Å². The lowest BCUT2D eigenvalue weighted by Crippen LogP contribution is -2.40. The lowest BCUT2D eigenvalue weighted by molar-refractivity contribution is -0.119. The zero-order valence-electron chi connectivity index (χ0n) is 12.8. The molecule has 1 aliphatic rings. The molecule has 1 aromatic heterocycles. The number of hydrogen-bond acceptors (Lipinski definition) is 6. The predicted octanol–water partition coefficient (Wildman–Crippen LogP) is 1.13. The van der Waals surface area contributed by atoms with Gasteiger partial charge in [-0.1, -0.05) is 12.1 Å². The van der Waals surface area contributed by atoms with E-state index in [1.165, 1.54) is 6.33 Å². The van der Waals surface area contributed by atoms with Crippen molar-refractivity contribution in [3.8, 4) is 0 Å². The number of benzene rings is 1. The lowest BCUT2D eigenvalue weighted by atomic mass is 10.2. The van der Waals surface area contributed by atoms with Gasteiger partial charge in [-0.05, 0) is 30.5 Å². The second-order valence-corrected chi connectivity index (χ2v) is 5.54. The number of nitrogens with one attached hydrogen (secondary N) is 1. The molecule has 1 aliphatic heterocycles. The highest BCUT2D eigenvalue weighted by Crippen LogP contribution is 2.25. The second kappa shape index (κ2) is 6.62. The average Bonchev–Trinajstić information content (AvgIpc) is 3.05. The summed E-state index contributed by atoms with van der Waals surface area (Å²) in [6.07, 6.45) is 3.18. The van der Waals surface area contributed by atoms with Gasteiger partial charge >= 0.3 is 0 Å². The van der Waals surface area contributed by atoms with E-state index in [1.807, 2.05) is 35.2 Å². The van der Waals surface area contributed by atoms with Crippen LogP contribution in [-0.4, -0.2) is 28.5 Å². The summed E-state index contributed by atoms with van der Waals surface area (Å²) < 4.78 is 0. The van der Waals surface area contributed by atoms with Gasteiger partial charge in [-0.15, -0.1) is 0 Å². The Balaban J connectivity index is 1.81. The van der Waals surface area contributed by atoms with Gasteiger partial charge in [0.15, 0.2) is 0 Å². The number of carbonyl (C=O) groups is 1. The van der Waals surface area contributed by atoms with Crippen LogP contribution in [0.5, 0.6) is 0 Å². The van der Waals surface area contributed by atoms with Gasteiger partial charge in [0.25, 0.3) is 0 Å². The molecular formula is C16H20N6O. The van der Waals surface area contributed by atoms with Gasteiger partial charge in [-0.3, -0.25) is 4.79 Å². The zero-order chi connectivity index (χ0) is 16.2. The van der Waals surface area contributed by atoms with Gasteiger partial charge in [-0.25, -0.2) is 9.97 Å². The third-order valence-corrected chi connectivity index (χ3v) is 3.96. The van der Waals surface area contributed by atoms with E-state index >= 15 is 0 Å². The molecule has 1 saturated heterocycles. The summed E-state index contributed by atoms with van der Waals surface area (Å²) in [7, 11) is 0. The monoisotopic (exact) mass is 312 g/mol. The van der Waals surface area contributed by atoms with Crippen molar-refractivity contribution >= 4 is 23.2 Å². The summed E-state index contributed by atoms with van der Waals surface area (Å²) in [5.41, 5.74) is 13.1. The lowest BCUT2D eigenvalue weighted by Gasteiger charge is -2.23. The van der Waals surface area contributed by atoms with Gasteiger partial charge in [0.05, 0.1) is 0 Å². The van der Waals surface area contributed by atoms with E-state index < -0.39 is 0 Å². The van der Waals surface area contributed by atoms with Crippen molar-refractivity contribution < 1.29 is 4.79 Å². The summed E-state index contributed by atoms with van der Waals surface area (Å²) in [6, 6.07) is 9.37. The van der Waals surface area contributed by atoms with E-state index in [9.17, 15) is 4.79 Å². The van der Waals surface area contributed by atoms with Crippen molar-refractivity contribution in [2.24, 2.45) is 11.5 Å². The van der Waals surface area contributed by atoms with Crippen LogP contribution in [0.4, 0.5) is 17.3 Å². The summed E-state index contributed by atoms with van der Waals surface area (Å²) in [5, 5.41) is 3.24. The number of aromatic nitrogens is 2. The Labute approximate surface area is 134 Å². The smallest absolute Gasteiger partial charge is 0.240 e. The highest BCUT2D eigenvalue weighted by atomic mass is 16.1. The van der Waals surface area contributed by atoms with Crippen LogP contribution in [0.1, 0.15) is 18.4 Å². The Morgan fingerprint density at radius 1 is 1.35 bits per heavy atom. The molecule has 0 bridgehead atoms. The Hall–Kier alpha value is -2.67. The minimum atomic E-state index is -0.314. The molecule has 23 heavy (non-hydrogen) atoms. The summed E-state index contributed by atoms with van der Waals surface area (Å²) in [5.74, 6) is 1.06. The molecule has 5 N–H and O–H groups in total. The molecule has 0 saturated carbocycles. The molecule has 1 fully saturated rings. The average molecular weight is 312 g/mol. The van der Waals surface area contributed by atoms with Gasteiger partial charge in [-0.2, -0.15) is 0 Å². The fraction of sp³-hybridized carbons (Fsp3) is 0.312. The highest BCUT2D eigenvalue weighted by Gasteiger charge is 2.30. The molecule has 1 atom stereocenters. The first-order valence-electron chi connectivity index (χ1n) is 7.61. The number of amides is 1. The number of nitrogens with two attached hydrogens (primary N) is 2. The molecule has 120 valence electrons. The summed E-state index contributed by atoms with van der Waals surface area (Å²) >= 11 is 0. The fourth-order valence-corrected chi connectivity index (χ4v) is 2.83. The molecule has 0 radical (unpaired) electrons. The first-order chi connectivity index (χ1) is 11.2. The van der Waals surface area contributed by atoms with Crippen LogP contribution >= 0.6 is 0 Å². The van der Waals surface area contributed by atoms with E-state index in [0.29, 0.717) is 18.2 Å². The van der Waals surface area contributed by atoms with Crippen molar-refractivity contribution in [3.05, 3.63) is 42.2 Å². The molecule has 2 heterocycles. The number of carbonyl (C=O) groups excluding carboxylic acids is 1. The summed E-state index contributed by atoms with van der Waals surface area (Å²) in [6.45, 7) is 1.26. The van der Waals surface area contributed by atoms with Crippen molar-refractivity contribution in [1.82, 2.24) is 9.97 Å². The van der Waals surface area contributed by atoms with Crippen molar-refractivity contribution in [1.29, 1.82) is 0 Å². The maximum Gasteiger partial charge on any atom is 0.240 e. The van der Waals surface area contributed by atoms with Gasteiger partial charge in [0, 0.05) is 24.8 Å². The number of rotatable bonds is 5. The van der Waals surface area contributed by atoms with E-state index in [1.54, 1.807) is 0 Å². The molecule has 3 rings (SSSR count). The van der Waals surface area contributed by atoms with Crippen LogP contribution in [0.15, 0.2) is 36.7 Å². The van der Waals surface area contributed by atoms with E-state index in [4.69, 9.17) is 11.5 Å². The largest absolute Gasteiger partial charge is 0.368 e. The fourth-order valence-electron chi connectivity index (χ4n) is 2.83. The van der Waals surface area contributed by atoms with Crippen LogP contribution in [0, 0.1) is 0 Å². The molecule has 0 aliphatic carbocycles. The maximum atomic E-state index is 11.5. The maximum absolute atomic E-state index is 11.5. The first kappa shape index (κ1) is 15.2. The van der Waals surface area contributed by atoms with Crippen LogP contribution in [0.2, 0.25) is 0 Å². The Morgan fingerprint density at radius 2 is 2.22 bits per heavy atom. The number of primary amides is 1. The Kier molecular flexibility index (Phi) is 4.38. The van der Waals surface area contributed by atoms with Crippen LogP contribution in [0.3, 0.4) is 0 Å². The van der Waals surface area contributed by atoms with Gasteiger partial charge in [0.1, 0.15) is 24.0 Å². The van der Waals surface area contributed by atoms with Crippen molar-refractivity contribution in [3.63, 3.8) is 0 Å². The first-order valence-corrected chi connectivity index (χ1v) is 7.61. The molecule has 7 nitrogen and oxygen atoms in total. The minimum absolute atomic E-state index is 0.293. The third kappa shape index (κ3) is 3.40. The van der Waals surface area contributed by atoms with Crippen LogP contribution in [-0.2, 0) is 11.3 Å². The predicted molar refractivity (Wildman–Crippen MR) is 89.2 cm³/mol. The van der Waals surface area contributed by atoms with Crippen molar-refractivity contribution in [2.45, 2.75) is 25.4 Å². The number of nitrogens with zero attached hydrogens (tertiary/aromatic N) is 3. The minimum Gasteiger partial charge on any atom is -0.368 e. The molecule has 2 aromatic rings. The van der Waals surface area contributed by atoms with Crippen LogP contribution < -0.4 is 21.7 Å². The zero-order valence-corrected chi connectivity index (χ0v) is 12.8. The molecular weight excluding hydrogens is 292 g/mol. The molecule has 7 heteroatoms. The summed E-state index contributed by atoms with van der Waals surface area (Å²) in [4.78, 5) is 22.0.